The molecule has 1 saturated heterocycles. The zero-order valence-electron chi connectivity index (χ0n) is 29.9. The molecule has 2 heterocycles. The Balaban J connectivity index is 1.42. The number of fused-ring (bicyclic) bond motifs is 1. The lowest BCUT2D eigenvalue weighted by Gasteiger charge is -2.42. The van der Waals surface area contributed by atoms with Crippen molar-refractivity contribution in [2.24, 2.45) is 0 Å². The van der Waals surface area contributed by atoms with Crippen LogP contribution in [0.5, 0.6) is 0 Å². The van der Waals surface area contributed by atoms with Gasteiger partial charge in [0, 0.05) is 31.4 Å². The van der Waals surface area contributed by atoms with Crippen LogP contribution in [0.15, 0.2) is 77.7 Å². The molecule has 0 unspecified atom stereocenters. The van der Waals surface area contributed by atoms with Crippen LogP contribution in [0.1, 0.15) is 48.8 Å². The number of hydrogen-bond acceptors (Lipinski definition) is 12. The molecule has 8 atom stereocenters. The summed E-state index contributed by atoms with van der Waals surface area (Å²) in [5.74, 6) is -1.05. The Morgan fingerprint density at radius 3 is 2.43 bits per heavy atom. The lowest BCUT2D eigenvalue weighted by atomic mass is 9.79. The average Bonchev–Trinajstić information content (AvgIpc) is 3.17. The highest BCUT2D eigenvalue weighted by Crippen LogP contribution is 2.48. The predicted molar refractivity (Wildman–Crippen MR) is 209 cm³/mol. The van der Waals surface area contributed by atoms with Crippen LogP contribution in [0.3, 0.4) is 0 Å². The summed E-state index contributed by atoms with van der Waals surface area (Å²) < 4.78 is 74.3. The fraction of sp³-hybridized carbons (Fsp3) is 0.472. The molecular weight excluding hydrogens is 857 g/mol. The van der Waals surface area contributed by atoms with E-state index in [0.717, 1.165) is 12.1 Å². The molecule has 54 heavy (non-hydrogen) atoms. The smallest absolute Gasteiger partial charge is 0.391 e. The van der Waals surface area contributed by atoms with E-state index in [9.17, 15) is 36.9 Å². The molecule has 18 heteroatoms. The molecule has 0 aliphatic carbocycles. The van der Waals surface area contributed by atoms with E-state index in [0.29, 0.717) is 29.5 Å². The Morgan fingerprint density at radius 1 is 1.04 bits per heavy atom. The van der Waals surface area contributed by atoms with Gasteiger partial charge < -0.3 is 40.3 Å². The zero-order valence-corrected chi connectivity index (χ0v) is 33.7. The van der Waals surface area contributed by atoms with Crippen molar-refractivity contribution >= 4 is 60.2 Å². The summed E-state index contributed by atoms with van der Waals surface area (Å²) in [6, 6.07) is 19.7. The van der Waals surface area contributed by atoms with E-state index in [1.165, 1.54) is 0 Å². The number of anilines is 2. The Hall–Kier alpha value is -2.92. The number of urea groups is 1. The van der Waals surface area contributed by atoms with Crippen molar-refractivity contribution in [3.8, 4) is 0 Å². The van der Waals surface area contributed by atoms with E-state index < -0.39 is 79.0 Å². The van der Waals surface area contributed by atoms with Gasteiger partial charge in [-0.1, -0.05) is 84.8 Å². The van der Waals surface area contributed by atoms with Gasteiger partial charge in [0.2, 0.25) is 0 Å². The standard InChI is InChI=1S/C36H46IN3O12S2/c1-4-5-16-36(37)21-53(45,46)28-15-14-25(40(2)3)18-26(28)29(33(36)43)23-12-9-13-24(17-23)38-35(44)39-34-31(42)32(50-19-22-10-7-6-8-11-22)30(41)27(52-34)20-51-54(47,48)49/h6-15,17-18,27,29-34,41-43H,4-5,16,19-21H2,1-3H3,(H2,38,39,44)(H,47,48,49)/t27-,29-,30-,31-,32+,33-,34-,36+/m1/s1. The third-order valence-corrected chi connectivity index (χ3v) is 14.0. The number of benzene rings is 3. The minimum absolute atomic E-state index is 0.0539. The molecule has 0 aromatic heterocycles. The summed E-state index contributed by atoms with van der Waals surface area (Å²) in [5, 5.41) is 39.4. The van der Waals surface area contributed by atoms with Gasteiger partial charge in [0.1, 0.15) is 24.4 Å². The van der Waals surface area contributed by atoms with E-state index in [-0.39, 0.29) is 22.9 Å². The lowest BCUT2D eigenvalue weighted by molar-refractivity contribution is -0.246. The fourth-order valence-corrected chi connectivity index (χ4v) is 11.0. The van der Waals surface area contributed by atoms with Crippen LogP contribution in [-0.4, -0.2) is 109 Å². The van der Waals surface area contributed by atoms with Gasteiger partial charge in [-0.25, -0.2) is 17.4 Å². The van der Waals surface area contributed by atoms with E-state index >= 15 is 0 Å². The van der Waals surface area contributed by atoms with Crippen LogP contribution in [0, 0.1) is 0 Å². The van der Waals surface area contributed by atoms with Crippen LogP contribution in [0.2, 0.25) is 0 Å². The number of nitrogens with one attached hydrogen (secondary N) is 2. The highest BCUT2D eigenvalue weighted by atomic mass is 127. The second-order valence-corrected chi connectivity index (χ2v) is 18.9. The van der Waals surface area contributed by atoms with Gasteiger partial charge in [0.25, 0.3) is 0 Å². The van der Waals surface area contributed by atoms with Crippen molar-refractivity contribution in [2.45, 2.75) is 83.8 Å². The van der Waals surface area contributed by atoms with Crippen LogP contribution in [-0.2, 0) is 40.5 Å². The van der Waals surface area contributed by atoms with Gasteiger partial charge in [0.05, 0.1) is 33.4 Å². The van der Waals surface area contributed by atoms with Gasteiger partial charge in [-0.3, -0.25) is 4.55 Å². The van der Waals surface area contributed by atoms with E-state index in [4.69, 9.17) is 14.0 Å². The second kappa shape index (κ2) is 17.5. The maximum atomic E-state index is 13.9. The number of nitrogens with zero attached hydrogens (tertiary/aromatic N) is 1. The third-order valence-electron chi connectivity index (χ3n) is 9.53. The monoisotopic (exact) mass is 903 g/mol. The molecule has 5 rings (SSSR count). The average molecular weight is 904 g/mol. The Morgan fingerprint density at radius 2 is 1.76 bits per heavy atom. The maximum absolute atomic E-state index is 13.9. The number of hydrogen-bond donors (Lipinski definition) is 6. The number of unbranched alkanes of at least 4 members (excludes halogenated alkanes) is 1. The fourth-order valence-electron chi connectivity index (χ4n) is 6.76. The van der Waals surface area contributed by atoms with Gasteiger partial charge in [-0.2, -0.15) is 8.42 Å². The van der Waals surface area contributed by atoms with Crippen molar-refractivity contribution in [3.63, 3.8) is 0 Å². The molecule has 0 spiro atoms. The summed E-state index contributed by atoms with van der Waals surface area (Å²) in [6.45, 7) is 1.09. The van der Waals surface area contributed by atoms with Crippen molar-refractivity contribution in [1.82, 2.24) is 5.32 Å². The largest absolute Gasteiger partial charge is 0.397 e. The minimum Gasteiger partial charge on any atom is -0.391 e. The van der Waals surface area contributed by atoms with Crippen molar-refractivity contribution < 1.29 is 55.2 Å². The Labute approximate surface area is 329 Å². The molecular formula is C36H46IN3O12S2. The molecule has 2 aliphatic rings. The van der Waals surface area contributed by atoms with E-state index in [1.54, 1.807) is 72.8 Å². The number of aliphatic hydroxyl groups excluding tert-OH is 3. The summed E-state index contributed by atoms with van der Waals surface area (Å²) in [5.41, 5.74) is 2.68. The normalized spacial score (nSPS) is 28.0. The quantitative estimate of drug-likeness (QED) is 0.0825. The van der Waals surface area contributed by atoms with E-state index in [1.807, 2.05) is 25.9 Å². The number of rotatable bonds is 13. The first-order valence-electron chi connectivity index (χ1n) is 17.3. The number of carbonyl (C=O) groups is 1. The summed E-state index contributed by atoms with van der Waals surface area (Å²) in [7, 11) is -5.08. The predicted octanol–water partition coefficient (Wildman–Crippen LogP) is 3.37. The van der Waals surface area contributed by atoms with Crippen molar-refractivity contribution in [1.29, 1.82) is 0 Å². The Kier molecular flexibility index (Phi) is 13.7. The second-order valence-electron chi connectivity index (χ2n) is 13.7. The molecule has 2 aliphatic heterocycles. The lowest BCUT2D eigenvalue weighted by Crippen LogP contribution is -2.64. The zero-order chi connectivity index (χ0) is 39.4. The molecule has 6 N–H and O–H groups in total. The highest BCUT2D eigenvalue weighted by molar-refractivity contribution is 14.1. The topological polar surface area (TPSA) is 221 Å². The number of aliphatic hydroxyl groups is 3. The first-order chi connectivity index (χ1) is 25.4. The number of carbonyl (C=O) groups excluding carboxylic acids is 1. The molecule has 15 nitrogen and oxygen atoms in total. The minimum atomic E-state index is -4.93. The van der Waals surface area contributed by atoms with Crippen LogP contribution in [0.25, 0.3) is 0 Å². The van der Waals surface area contributed by atoms with Gasteiger partial charge in [-0.05, 0) is 53.4 Å². The molecule has 3 aromatic carbocycles. The molecule has 296 valence electrons. The van der Waals surface area contributed by atoms with Gasteiger partial charge in [-0.15, -0.1) is 0 Å². The first kappa shape index (κ1) is 42.2. The number of alkyl halides is 1. The number of sulfone groups is 1. The number of ether oxygens (including phenoxy) is 2. The summed E-state index contributed by atoms with van der Waals surface area (Å²) >= 11 is 2.10. The summed E-state index contributed by atoms with van der Waals surface area (Å²) in [6.07, 6.45) is -6.83. The van der Waals surface area contributed by atoms with Crippen LogP contribution >= 0.6 is 22.6 Å². The SMILES string of the molecule is CCCC[C@]1(I)CS(=O)(=O)c2ccc(N(C)C)cc2[C@@H](c2cccc(NC(=O)N[C@@H]3O[C@H](COS(=O)(=O)O)[C@@H](O)[C@H](OCc4ccccc4)[C@H]3O)c2)[C@H]1O. The van der Waals surface area contributed by atoms with E-state index in [2.05, 4.69) is 37.4 Å². The first-order valence-corrected chi connectivity index (χ1v) is 21.4. The number of amides is 2. The molecule has 2 amide bonds. The molecule has 0 saturated carbocycles. The number of halogens is 1. The third kappa shape index (κ3) is 10.1. The summed E-state index contributed by atoms with van der Waals surface area (Å²) in [4.78, 5) is 15.4. The highest BCUT2D eigenvalue weighted by Gasteiger charge is 2.49. The van der Waals surface area contributed by atoms with Gasteiger partial charge in [0.15, 0.2) is 16.1 Å². The van der Waals surface area contributed by atoms with Crippen molar-refractivity contribution in [3.05, 3.63) is 89.5 Å². The molecule has 1 fully saturated rings. The molecule has 0 bridgehead atoms. The van der Waals surface area contributed by atoms with Gasteiger partial charge >= 0.3 is 16.4 Å². The van der Waals surface area contributed by atoms with Crippen LogP contribution in [0.4, 0.5) is 16.2 Å². The molecule has 3 aromatic rings. The van der Waals surface area contributed by atoms with Crippen LogP contribution < -0.4 is 15.5 Å². The van der Waals surface area contributed by atoms with Crippen molar-refractivity contribution in [2.75, 3.05) is 36.7 Å². The Bertz CT molecular complexity index is 1990. The maximum Gasteiger partial charge on any atom is 0.397 e. The molecule has 0 radical (unpaired) electrons.